The van der Waals surface area contributed by atoms with E-state index in [1.807, 2.05) is 13.0 Å². The van der Waals surface area contributed by atoms with Crippen LogP contribution in [0.25, 0.3) is 0 Å². The molecular weight excluding hydrogens is 378 g/mol. The second-order valence-electron chi connectivity index (χ2n) is 6.70. The van der Waals surface area contributed by atoms with Gasteiger partial charge in [0.25, 0.3) is 0 Å². The highest BCUT2D eigenvalue weighted by molar-refractivity contribution is 5.88. The Morgan fingerprint density at radius 3 is 2.45 bits per heavy atom. The van der Waals surface area contributed by atoms with E-state index in [1.54, 1.807) is 23.2 Å². The molecule has 0 aliphatic carbocycles. The van der Waals surface area contributed by atoms with Crippen molar-refractivity contribution >= 4 is 17.5 Å². The molecule has 2 amide bonds. The summed E-state index contributed by atoms with van der Waals surface area (Å²) in [6, 6.07) is 7.21. The molecule has 152 valence electrons. The van der Waals surface area contributed by atoms with Crippen LogP contribution in [0.4, 0.5) is 25.1 Å². The Bertz CT molecular complexity index is 881. The van der Waals surface area contributed by atoms with Crippen LogP contribution in [0.1, 0.15) is 18.1 Å². The van der Waals surface area contributed by atoms with E-state index in [1.165, 1.54) is 0 Å². The van der Waals surface area contributed by atoms with Gasteiger partial charge in [0.15, 0.2) is 11.6 Å². The van der Waals surface area contributed by atoms with E-state index in [0.717, 1.165) is 17.7 Å². The van der Waals surface area contributed by atoms with Gasteiger partial charge < -0.3 is 10.2 Å². The zero-order valence-corrected chi connectivity index (χ0v) is 16.1. The molecule has 3 rings (SSSR count). The number of benzene rings is 1. The standard InChI is InChI=1S/C20H22F2N6O/c1-2-24-20(29)26-18-4-3-14(12-25-18)13-27-5-7-28(8-6-27)19-16(21)9-15(11-23)10-17(19)22/h3-4,9-10,12H,2,5-8,13H2,1H3,(H2,24,25,26,29). The summed E-state index contributed by atoms with van der Waals surface area (Å²) in [6.45, 7) is 5.25. The van der Waals surface area contributed by atoms with Gasteiger partial charge in [-0.05, 0) is 30.7 Å². The van der Waals surface area contributed by atoms with Crippen molar-refractivity contribution in [3.63, 3.8) is 0 Å². The van der Waals surface area contributed by atoms with Crippen molar-refractivity contribution in [1.29, 1.82) is 5.26 Å². The molecule has 2 aromatic rings. The molecule has 0 atom stereocenters. The number of anilines is 2. The Balaban J connectivity index is 1.55. The lowest BCUT2D eigenvalue weighted by atomic mass is 10.1. The lowest BCUT2D eigenvalue weighted by molar-refractivity contribution is 0.248. The average molecular weight is 400 g/mol. The van der Waals surface area contributed by atoms with E-state index in [-0.39, 0.29) is 17.3 Å². The summed E-state index contributed by atoms with van der Waals surface area (Å²) in [4.78, 5) is 19.6. The summed E-state index contributed by atoms with van der Waals surface area (Å²) >= 11 is 0. The third-order valence-corrected chi connectivity index (χ3v) is 4.64. The first kappa shape index (κ1) is 20.5. The van der Waals surface area contributed by atoms with Crippen molar-refractivity contribution in [2.45, 2.75) is 13.5 Å². The number of pyridine rings is 1. The minimum Gasteiger partial charge on any atom is -0.364 e. The topological polar surface area (TPSA) is 84.3 Å². The maximum absolute atomic E-state index is 14.2. The van der Waals surface area contributed by atoms with E-state index in [0.29, 0.717) is 45.1 Å². The number of hydrogen-bond donors (Lipinski definition) is 2. The van der Waals surface area contributed by atoms with Crippen molar-refractivity contribution in [2.75, 3.05) is 42.9 Å². The quantitative estimate of drug-likeness (QED) is 0.806. The van der Waals surface area contributed by atoms with Crippen molar-refractivity contribution in [3.05, 3.63) is 53.2 Å². The van der Waals surface area contributed by atoms with E-state index < -0.39 is 11.6 Å². The second-order valence-corrected chi connectivity index (χ2v) is 6.70. The predicted molar refractivity (Wildman–Crippen MR) is 105 cm³/mol. The van der Waals surface area contributed by atoms with Gasteiger partial charge in [0, 0.05) is 45.5 Å². The smallest absolute Gasteiger partial charge is 0.320 e. The van der Waals surface area contributed by atoms with Crippen LogP contribution in [0.15, 0.2) is 30.5 Å². The monoisotopic (exact) mass is 400 g/mol. The molecule has 0 saturated carbocycles. The van der Waals surface area contributed by atoms with Crippen molar-refractivity contribution < 1.29 is 13.6 Å². The molecule has 1 aromatic carbocycles. The van der Waals surface area contributed by atoms with Crippen LogP contribution >= 0.6 is 0 Å². The van der Waals surface area contributed by atoms with E-state index in [4.69, 9.17) is 5.26 Å². The summed E-state index contributed by atoms with van der Waals surface area (Å²) in [7, 11) is 0. The van der Waals surface area contributed by atoms with Gasteiger partial charge in [-0.2, -0.15) is 5.26 Å². The molecule has 1 aromatic heterocycles. The second kappa shape index (κ2) is 9.30. The summed E-state index contributed by atoms with van der Waals surface area (Å²) in [5.41, 5.74) is 0.877. The van der Waals surface area contributed by atoms with Crippen molar-refractivity contribution in [1.82, 2.24) is 15.2 Å². The Labute approximate surface area is 167 Å². The number of aromatic nitrogens is 1. The molecule has 0 spiro atoms. The van der Waals surface area contributed by atoms with Gasteiger partial charge in [-0.15, -0.1) is 0 Å². The van der Waals surface area contributed by atoms with Crippen LogP contribution in [-0.4, -0.2) is 48.6 Å². The van der Waals surface area contributed by atoms with E-state index >= 15 is 0 Å². The van der Waals surface area contributed by atoms with E-state index in [2.05, 4.69) is 20.5 Å². The molecule has 2 heterocycles. The zero-order valence-electron chi connectivity index (χ0n) is 16.1. The molecule has 1 fully saturated rings. The third kappa shape index (κ3) is 5.18. The molecule has 1 aliphatic heterocycles. The first-order valence-electron chi connectivity index (χ1n) is 9.36. The lowest BCUT2D eigenvalue weighted by Crippen LogP contribution is -2.46. The van der Waals surface area contributed by atoms with Crippen LogP contribution in [0.3, 0.4) is 0 Å². The first-order chi connectivity index (χ1) is 14.0. The molecule has 0 radical (unpaired) electrons. The Morgan fingerprint density at radius 1 is 1.21 bits per heavy atom. The number of nitrogens with zero attached hydrogens (tertiary/aromatic N) is 4. The fourth-order valence-corrected chi connectivity index (χ4v) is 3.23. The van der Waals surface area contributed by atoms with Gasteiger partial charge in [-0.3, -0.25) is 10.2 Å². The van der Waals surface area contributed by atoms with Crippen LogP contribution in [0.2, 0.25) is 0 Å². The molecule has 7 nitrogen and oxygen atoms in total. The first-order valence-corrected chi connectivity index (χ1v) is 9.36. The molecular formula is C20H22F2N6O. The van der Waals surface area contributed by atoms with Gasteiger partial charge in [-0.25, -0.2) is 18.6 Å². The van der Waals surface area contributed by atoms with Gasteiger partial charge in [-0.1, -0.05) is 6.07 Å². The van der Waals surface area contributed by atoms with Crippen LogP contribution in [0.5, 0.6) is 0 Å². The average Bonchev–Trinajstić information content (AvgIpc) is 2.70. The minimum absolute atomic E-state index is 0.0278. The van der Waals surface area contributed by atoms with E-state index in [9.17, 15) is 13.6 Å². The molecule has 1 aliphatic rings. The summed E-state index contributed by atoms with van der Waals surface area (Å²) in [5.74, 6) is -0.958. The predicted octanol–water partition coefficient (Wildman–Crippen LogP) is 2.70. The number of halogens is 2. The maximum atomic E-state index is 14.2. The summed E-state index contributed by atoms with van der Waals surface area (Å²) in [5, 5.41) is 14.1. The summed E-state index contributed by atoms with van der Waals surface area (Å²) in [6.07, 6.45) is 1.70. The van der Waals surface area contributed by atoms with Gasteiger partial charge >= 0.3 is 6.03 Å². The zero-order chi connectivity index (χ0) is 20.8. The van der Waals surface area contributed by atoms with Gasteiger partial charge in [0.1, 0.15) is 11.5 Å². The highest BCUT2D eigenvalue weighted by Crippen LogP contribution is 2.26. The molecule has 2 N–H and O–H groups in total. The largest absolute Gasteiger partial charge is 0.364 e. The van der Waals surface area contributed by atoms with Gasteiger partial charge in [0.2, 0.25) is 0 Å². The normalized spacial score (nSPS) is 14.3. The number of carbonyl (C=O) groups is 1. The summed E-state index contributed by atoms with van der Waals surface area (Å²) < 4.78 is 28.4. The Morgan fingerprint density at radius 2 is 1.90 bits per heavy atom. The molecule has 29 heavy (non-hydrogen) atoms. The third-order valence-electron chi connectivity index (χ3n) is 4.64. The van der Waals surface area contributed by atoms with Crippen molar-refractivity contribution in [2.24, 2.45) is 0 Å². The van der Waals surface area contributed by atoms with Crippen molar-refractivity contribution in [3.8, 4) is 6.07 Å². The number of amides is 2. The number of carbonyl (C=O) groups excluding carboxylic acids is 1. The van der Waals surface area contributed by atoms with Gasteiger partial charge in [0.05, 0.1) is 11.6 Å². The molecule has 1 saturated heterocycles. The molecule has 9 heteroatoms. The van der Waals surface area contributed by atoms with Crippen LogP contribution < -0.4 is 15.5 Å². The lowest BCUT2D eigenvalue weighted by Gasteiger charge is -2.36. The highest BCUT2D eigenvalue weighted by Gasteiger charge is 2.23. The number of nitriles is 1. The molecule has 0 bridgehead atoms. The molecule has 0 unspecified atom stereocenters. The van der Waals surface area contributed by atoms with Crippen LogP contribution in [0, 0.1) is 23.0 Å². The number of rotatable bonds is 5. The Hall–Kier alpha value is -3.25. The fourth-order valence-electron chi connectivity index (χ4n) is 3.23. The highest BCUT2D eigenvalue weighted by atomic mass is 19.1. The number of nitrogens with one attached hydrogen (secondary N) is 2. The fraction of sp³-hybridized carbons (Fsp3) is 0.350. The maximum Gasteiger partial charge on any atom is 0.320 e. The van der Waals surface area contributed by atoms with Crippen LogP contribution in [-0.2, 0) is 6.54 Å². The number of piperazine rings is 1. The number of urea groups is 1. The number of hydrogen-bond acceptors (Lipinski definition) is 5. The Kier molecular flexibility index (Phi) is 6.57. The SMILES string of the molecule is CCNC(=O)Nc1ccc(CN2CCN(c3c(F)cc(C#N)cc3F)CC2)cn1. The minimum atomic E-state index is -0.714.